The summed E-state index contributed by atoms with van der Waals surface area (Å²) in [6.45, 7) is 0. The number of ether oxygens (including phenoxy) is 2. The molecule has 0 N–H and O–H groups in total. The minimum absolute atomic E-state index is 0.273. The molecule has 2 heterocycles. The van der Waals surface area contributed by atoms with Gasteiger partial charge >= 0.3 is 0 Å². The first kappa shape index (κ1) is 19.5. The molecule has 2 aromatic carbocycles. The average Bonchev–Trinajstić information content (AvgIpc) is 3.41. The molecule has 0 amide bonds. The van der Waals surface area contributed by atoms with Crippen LogP contribution in [0.15, 0.2) is 65.4 Å². The molecule has 0 saturated carbocycles. The molecule has 0 atom stereocenters. The minimum Gasteiger partial charge on any atom is -0.497 e. The van der Waals surface area contributed by atoms with Gasteiger partial charge in [0.15, 0.2) is 5.16 Å². The van der Waals surface area contributed by atoms with Crippen LogP contribution in [-0.4, -0.2) is 28.8 Å². The van der Waals surface area contributed by atoms with E-state index in [-0.39, 0.29) is 5.82 Å². The van der Waals surface area contributed by atoms with Crippen molar-refractivity contribution in [2.45, 2.75) is 10.9 Å². The van der Waals surface area contributed by atoms with E-state index in [9.17, 15) is 4.39 Å². The third kappa shape index (κ3) is 4.28. The van der Waals surface area contributed by atoms with Gasteiger partial charge in [0.1, 0.15) is 22.3 Å². The quantitative estimate of drug-likeness (QED) is 0.367. The molecule has 4 rings (SSSR count). The van der Waals surface area contributed by atoms with Gasteiger partial charge in [-0.2, -0.15) is 0 Å². The van der Waals surface area contributed by atoms with Crippen molar-refractivity contribution in [2.24, 2.45) is 0 Å². The zero-order valence-corrected chi connectivity index (χ0v) is 17.5. The molecule has 0 radical (unpaired) electrons. The standard InChI is InChI=1S/C21H18FN3O2S2/c1-26-17-6-7-18(19(11-17)27-2)20-24-15(12-28-20)13-29-21-23-8-9-25(21)16-5-3-4-14(22)10-16/h3-12H,13H2,1-2H3. The molecule has 0 bridgehead atoms. The van der Waals surface area contributed by atoms with Gasteiger partial charge in [-0.25, -0.2) is 14.4 Å². The zero-order chi connectivity index (χ0) is 20.2. The topological polar surface area (TPSA) is 49.2 Å². The van der Waals surface area contributed by atoms with Crippen molar-refractivity contribution in [3.8, 4) is 27.8 Å². The summed E-state index contributed by atoms with van der Waals surface area (Å²) >= 11 is 3.12. The maximum Gasteiger partial charge on any atom is 0.172 e. The molecule has 0 aliphatic heterocycles. The predicted molar refractivity (Wildman–Crippen MR) is 114 cm³/mol. The van der Waals surface area contributed by atoms with Crippen molar-refractivity contribution in [3.63, 3.8) is 0 Å². The van der Waals surface area contributed by atoms with Gasteiger partial charge in [0.05, 0.1) is 31.2 Å². The van der Waals surface area contributed by atoms with Crippen molar-refractivity contribution < 1.29 is 13.9 Å². The lowest BCUT2D eigenvalue weighted by atomic mass is 10.2. The number of rotatable bonds is 7. The summed E-state index contributed by atoms with van der Waals surface area (Å²) in [5.41, 5.74) is 2.62. The van der Waals surface area contributed by atoms with Gasteiger partial charge < -0.3 is 9.47 Å². The number of hydrogen-bond donors (Lipinski definition) is 0. The molecule has 0 aliphatic carbocycles. The number of thioether (sulfide) groups is 1. The SMILES string of the molecule is COc1ccc(-c2nc(CSc3nccn3-c3cccc(F)c3)cs2)c(OC)c1. The molecule has 4 aromatic rings. The fraction of sp³-hybridized carbons (Fsp3) is 0.143. The van der Waals surface area contributed by atoms with E-state index in [1.807, 2.05) is 40.4 Å². The summed E-state index contributed by atoms with van der Waals surface area (Å²) < 4.78 is 26.2. The maximum atomic E-state index is 13.5. The van der Waals surface area contributed by atoms with Gasteiger partial charge in [-0.1, -0.05) is 17.8 Å². The highest BCUT2D eigenvalue weighted by Crippen LogP contribution is 2.36. The molecular weight excluding hydrogens is 409 g/mol. The number of nitrogens with zero attached hydrogens (tertiary/aromatic N) is 3. The Kier molecular flexibility index (Phi) is 5.82. The van der Waals surface area contributed by atoms with Gasteiger partial charge in [-0.15, -0.1) is 11.3 Å². The Labute approximate surface area is 176 Å². The lowest BCUT2D eigenvalue weighted by Crippen LogP contribution is -1.96. The van der Waals surface area contributed by atoms with E-state index in [0.717, 1.165) is 38.6 Å². The molecular formula is C21H18FN3O2S2. The van der Waals surface area contributed by atoms with Crippen LogP contribution in [0.25, 0.3) is 16.3 Å². The Morgan fingerprint density at radius 2 is 2.03 bits per heavy atom. The second-order valence-corrected chi connectivity index (χ2v) is 7.86. The second kappa shape index (κ2) is 8.67. The molecule has 0 spiro atoms. The van der Waals surface area contributed by atoms with E-state index in [2.05, 4.69) is 4.98 Å². The summed E-state index contributed by atoms with van der Waals surface area (Å²) in [5.74, 6) is 1.84. The van der Waals surface area contributed by atoms with Crippen molar-refractivity contribution >= 4 is 23.1 Å². The van der Waals surface area contributed by atoms with Crippen LogP contribution in [0.2, 0.25) is 0 Å². The number of methoxy groups -OCH3 is 2. The fourth-order valence-corrected chi connectivity index (χ4v) is 4.65. The molecule has 29 heavy (non-hydrogen) atoms. The maximum absolute atomic E-state index is 13.5. The summed E-state index contributed by atoms with van der Waals surface area (Å²) in [5, 5.41) is 3.70. The largest absolute Gasteiger partial charge is 0.497 e. The van der Waals surface area contributed by atoms with Gasteiger partial charge in [0, 0.05) is 29.6 Å². The van der Waals surface area contributed by atoms with E-state index in [0.29, 0.717) is 5.75 Å². The summed E-state index contributed by atoms with van der Waals surface area (Å²) in [6, 6.07) is 12.1. The Morgan fingerprint density at radius 1 is 1.14 bits per heavy atom. The average molecular weight is 428 g/mol. The van der Waals surface area contributed by atoms with Crippen LogP contribution >= 0.6 is 23.1 Å². The highest BCUT2D eigenvalue weighted by Gasteiger charge is 2.13. The normalized spacial score (nSPS) is 10.9. The molecule has 2 aromatic heterocycles. The van der Waals surface area contributed by atoms with Crippen LogP contribution in [0.5, 0.6) is 11.5 Å². The summed E-state index contributed by atoms with van der Waals surface area (Å²) in [7, 11) is 3.26. The first-order valence-corrected chi connectivity index (χ1v) is 10.6. The molecule has 0 unspecified atom stereocenters. The predicted octanol–water partition coefficient (Wildman–Crippen LogP) is 5.44. The lowest BCUT2D eigenvalue weighted by Gasteiger charge is -2.08. The molecule has 0 saturated heterocycles. The number of aromatic nitrogens is 3. The Balaban J connectivity index is 1.51. The van der Waals surface area contributed by atoms with Gasteiger partial charge in [-0.3, -0.25) is 4.57 Å². The third-order valence-electron chi connectivity index (χ3n) is 4.23. The van der Waals surface area contributed by atoms with E-state index in [1.54, 1.807) is 49.6 Å². The van der Waals surface area contributed by atoms with E-state index >= 15 is 0 Å². The van der Waals surface area contributed by atoms with E-state index < -0.39 is 0 Å². The Hall–Kier alpha value is -2.84. The molecule has 148 valence electrons. The van der Waals surface area contributed by atoms with Gasteiger partial charge in [0.25, 0.3) is 0 Å². The lowest BCUT2D eigenvalue weighted by molar-refractivity contribution is 0.395. The molecule has 8 heteroatoms. The molecule has 0 aliphatic rings. The second-order valence-electron chi connectivity index (χ2n) is 6.06. The highest BCUT2D eigenvalue weighted by molar-refractivity contribution is 7.98. The molecule has 0 fully saturated rings. The van der Waals surface area contributed by atoms with Crippen LogP contribution in [-0.2, 0) is 5.75 Å². The summed E-state index contributed by atoms with van der Waals surface area (Å²) in [4.78, 5) is 9.13. The number of halogens is 1. The highest BCUT2D eigenvalue weighted by atomic mass is 32.2. The smallest absolute Gasteiger partial charge is 0.172 e. The van der Waals surface area contributed by atoms with Crippen LogP contribution in [0, 0.1) is 5.82 Å². The molecule has 5 nitrogen and oxygen atoms in total. The summed E-state index contributed by atoms with van der Waals surface area (Å²) in [6.07, 6.45) is 3.54. The van der Waals surface area contributed by atoms with Gasteiger partial charge in [-0.05, 0) is 30.3 Å². The zero-order valence-electron chi connectivity index (χ0n) is 15.8. The number of thiazole rings is 1. The van der Waals surface area contributed by atoms with Crippen LogP contribution in [0.4, 0.5) is 4.39 Å². The monoisotopic (exact) mass is 427 g/mol. The van der Waals surface area contributed by atoms with Crippen LogP contribution in [0.3, 0.4) is 0 Å². The Morgan fingerprint density at radius 3 is 2.83 bits per heavy atom. The number of imidazole rings is 1. The first-order chi connectivity index (χ1) is 14.2. The van der Waals surface area contributed by atoms with E-state index in [4.69, 9.17) is 14.5 Å². The Bertz CT molecular complexity index is 1130. The minimum atomic E-state index is -0.273. The van der Waals surface area contributed by atoms with Crippen molar-refractivity contribution in [3.05, 3.63) is 71.7 Å². The van der Waals surface area contributed by atoms with Gasteiger partial charge in [0.2, 0.25) is 0 Å². The van der Waals surface area contributed by atoms with Crippen molar-refractivity contribution in [1.29, 1.82) is 0 Å². The van der Waals surface area contributed by atoms with Crippen LogP contribution in [0.1, 0.15) is 5.69 Å². The van der Waals surface area contributed by atoms with Crippen LogP contribution < -0.4 is 9.47 Å². The van der Waals surface area contributed by atoms with Crippen molar-refractivity contribution in [1.82, 2.24) is 14.5 Å². The number of benzene rings is 2. The fourth-order valence-electron chi connectivity index (χ4n) is 2.83. The number of hydrogen-bond acceptors (Lipinski definition) is 6. The first-order valence-electron chi connectivity index (χ1n) is 8.77. The third-order valence-corrected chi connectivity index (χ3v) is 6.16. The van der Waals surface area contributed by atoms with Crippen molar-refractivity contribution in [2.75, 3.05) is 14.2 Å². The van der Waals surface area contributed by atoms with E-state index in [1.165, 1.54) is 12.1 Å².